The van der Waals surface area contributed by atoms with Gasteiger partial charge in [0.15, 0.2) is 0 Å². The Hall–Kier alpha value is -4.20. The lowest BCUT2D eigenvalue weighted by Crippen LogP contribution is -2.54. The maximum Gasteiger partial charge on any atom is 0.408 e. The zero-order chi connectivity index (χ0) is 33.8. The van der Waals surface area contributed by atoms with Crippen molar-refractivity contribution in [2.45, 2.75) is 89.5 Å². The van der Waals surface area contributed by atoms with Gasteiger partial charge in [-0.25, -0.2) is 9.59 Å². The van der Waals surface area contributed by atoms with Gasteiger partial charge in [0.05, 0.1) is 12.6 Å². The van der Waals surface area contributed by atoms with Crippen molar-refractivity contribution in [2.75, 3.05) is 13.2 Å². The number of ether oxygens (including phenoxy) is 2. The van der Waals surface area contributed by atoms with Crippen LogP contribution in [0.5, 0.6) is 0 Å². The summed E-state index contributed by atoms with van der Waals surface area (Å²) in [5, 5.41) is 41.9. The van der Waals surface area contributed by atoms with Crippen molar-refractivity contribution in [1.29, 1.82) is 0 Å². The molecular formula is C32H46N4O9. The molecule has 4 amide bonds. The monoisotopic (exact) mass is 630 g/mol. The summed E-state index contributed by atoms with van der Waals surface area (Å²) in [7, 11) is 0. The van der Waals surface area contributed by atoms with Crippen LogP contribution in [-0.2, 0) is 19.1 Å². The molecule has 0 bridgehead atoms. The lowest BCUT2D eigenvalue weighted by atomic mass is 10.0. The van der Waals surface area contributed by atoms with Crippen molar-refractivity contribution in [2.24, 2.45) is 0 Å². The van der Waals surface area contributed by atoms with Crippen molar-refractivity contribution in [3.63, 3.8) is 0 Å². The van der Waals surface area contributed by atoms with E-state index in [2.05, 4.69) is 21.3 Å². The van der Waals surface area contributed by atoms with Crippen LogP contribution in [0.15, 0.2) is 60.7 Å². The van der Waals surface area contributed by atoms with Crippen molar-refractivity contribution < 1.29 is 44.0 Å². The molecule has 13 nitrogen and oxygen atoms in total. The molecule has 7 N–H and O–H groups in total. The van der Waals surface area contributed by atoms with Gasteiger partial charge in [-0.3, -0.25) is 9.59 Å². The third kappa shape index (κ3) is 13.1. The molecule has 2 aromatic rings. The fraction of sp³-hybridized carbons (Fsp3) is 0.500. The van der Waals surface area contributed by atoms with Crippen molar-refractivity contribution in [3.05, 3.63) is 71.8 Å². The standard InChI is InChI=1S/C32H46N4O9/c1-31(2,3)44-29(42)35-23(25(38)20-13-9-7-10-14-20)27(40)33-18-17-22(19-37)34-28(41)24(36-30(43)45-32(4,5)6)26(39)21-15-11-8-12-16-21/h7-16,22-26,37-39H,17-19H2,1-6H3,(H,33,40)(H,34,41)(H,35,42)(H,36,43)/t22?,23-,24-,25?,26?/m0/s1. The van der Waals surface area contributed by atoms with Crippen LogP contribution in [0.1, 0.15) is 71.3 Å². The van der Waals surface area contributed by atoms with Gasteiger partial charge in [0.1, 0.15) is 35.5 Å². The molecule has 0 saturated carbocycles. The molecule has 0 fully saturated rings. The molecule has 13 heteroatoms. The zero-order valence-electron chi connectivity index (χ0n) is 26.6. The van der Waals surface area contributed by atoms with E-state index in [0.29, 0.717) is 11.1 Å². The molecule has 5 atom stereocenters. The highest BCUT2D eigenvalue weighted by Crippen LogP contribution is 2.19. The lowest BCUT2D eigenvalue weighted by Gasteiger charge is -2.28. The van der Waals surface area contributed by atoms with Crippen LogP contribution >= 0.6 is 0 Å². The Labute approximate surface area is 263 Å². The first-order chi connectivity index (χ1) is 21.0. The van der Waals surface area contributed by atoms with Gasteiger partial charge >= 0.3 is 12.2 Å². The van der Waals surface area contributed by atoms with Crippen LogP contribution in [-0.4, -0.2) is 81.8 Å². The number of aliphatic hydroxyl groups excluding tert-OH is 3. The second-order valence-electron chi connectivity index (χ2n) is 12.4. The second kappa shape index (κ2) is 16.8. The van der Waals surface area contributed by atoms with Gasteiger partial charge in [0.25, 0.3) is 0 Å². The fourth-order valence-corrected chi connectivity index (χ4v) is 4.11. The molecule has 0 spiro atoms. The van der Waals surface area contributed by atoms with Gasteiger partial charge in [-0.05, 0) is 59.1 Å². The van der Waals surface area contributed by atoms with Crippen LogP contribution < -0.4 is 21.3 Å². The molecule has 0 aromatic heterocycles. The average Bonchev–Trinajstić information content (AvgIpc) is 2.96. The maximum absolute atomic E-state index is 13.3. The number of hydrogen-bond donors (Lipinski definition) is 7. The molecule has 2 rings (SSSR count). The maximum atomic E-state index is 13.3. The van der Waals surface area contributed by atoms with E-state index < -0.39 is 72.1 Å². The number of amides is 4. The quantitative estimate of drug-likeness (QED) is 0.174. The van der Waals surface area contributed by atoms with E-state index >= 15 is 0 Å². The number of aliphatic hydroxyl groups is 3. The van der Waals surface area contributed by atoms with Gasteiger partial charge < -0.3 is 46.1 Å². The van der Waals surface area contributed by atoms with Gasteiger partial charge in [-0.15, -0.1) is 0 Å². The first kappa shape index (κ1) is 37.0. The molecule has 3 unspecified atom stereocenters. The average molecular weight is 631 g/mol. The second-order valence-corrected chi connectivity index (χ2v) is 12.4. The third-order valence-electron chi connectivity index (χ3n) is 6.18. The summed E-state index contributed by atoms with van der Waals surface area (Å²) in [5.74, 6) is -1.53. The molecule has 0 aliphatic rings. The molecule has 248 valence electrons. The summed E-state index contributed by atoms with van der Waals surface area (Å²) in [6.07, 6.45) is -4.66. The Morgan fingerprint density at radius 3 is 1.44 bits per heavy atom. The summed E-state index contributed by atoms with van der Waals surface area (Å²) in [4.78, 5) is 51.4. The number of benzene rings is 2. The predicted octanol–water partition coefficient (Wildman–Crippen LogP) is 2.22. The topological polar surface area (TPSA) is 196 Å². The van der Waals surface area contributed by atoms with Crippen LogP contribution in [0.4, 0.5) is 9.59 Å². The van der Waals surface area contributed by atoms with Crippen molar-refractivity contribution in [3.8, 4) is 0 Å². The molecule has 0 aliphatic carbocycles. The van der Waals surface area contributed by atoms with Crippen LogP contribution in [0, 0.1) is 0 Å². The third-order valence-corrected chi connectivity index (χ3v) is 6.18. The first-order valence-corrected chi connectivity index (χ1v) is 14.6. The Morgan fingerprint density at radius 2 is 1.07 bits per heavy atom. The fourth-order valence-electron chi connectivity index (χ4n) is 4.11. The molecule has 0 aliphatic heterocycles. The predicted molar refractivity (Wildman–Crippen MR) is 166 cm³/mol. The van der Waals surface area contributed by atoms with Gasteiger partial charge in [-0.1, -0.05) is 60.7 Å². The van der Waals surface area contributed by atoms with E-state index in [4.69, 9.17) is 9.47 Å². The Morgan fingerprint density at radius 1 is 0.667 bits per heavy atom. The van der Waals surface area contributed by atoms with E-state index in [-0.39, 0.29) is 13.0 Å². The van der Waals surface area contributed by atoms with Crippen LogP contribution in [0.25, 0.3) is 0 Å². The minimum Gasteiger partial charge on any atom is -0.444 e. The Balaban J connectivity index is 2.11. The highest BCUT2D eigenvalue weighted by Gasteiger charge is 2.34. The molecular weight excluding hydrogens is 584 g/mol. The number of alkyl carbamates (subject to hydrolysis) is 2. The summed E-state index contributed by atoms with van der Waals surface area (Å²) in [5.41, 5.74) is -0.963. The Kier molecular flexibility index (Phi) is 13.8. The van der Waals surface area contributed by atoms with Crippen molar-refractivity contribution >= 4 is 24.0 Å². The lowest BCUT2D eigenvalue weighted by molar-refractivity contribution is -0.127. The van der Waals surface area contributed by atoms with Crippen molar-refractivity contribution in [1.82, 2.24) is 21.3 Å². The molecule has 2 aromatic carbocycles. The zero-order valence-corrected chi connectivity index (χ0v) is 26.6. The highest BCUT2D eigenvalue weighted by atomic mass is 16.6. The van der Waals surface area contributed by atoms with E-state index in [9.17, 15) is 34.5 Å². The largest absolute Gasteiger partial charge is 0.444 e. The summed E-state index contributed by atoms with van der Waals surface area (Å²) < 4.78 is 10.5. The van der Waals surface area contributed by atoms with E-state index in [1.807, 2.05) is 0 Å². The van der Waals surface area contributed by atoms with E-state index in [0.717, 1.165) is 0 Å². The van der Waals surface area contributed by atoms with Gasteiger partial charge in [0.2, 0.25) is 11.8 Å². The van der Waals surface area contributed by atoms with Crippen LogP contribution in [0.3, 0.4) is 0 Å². The van der Waals surface area contributed by atoms with Gasteiger partial charge in [0, 0.05) is 6.54 Å². The van der Waals surface area contributed by atoms with E-state index in [1.54, 1.807) is 102 Å². The number of rotatable bonds is 13. The highest BCUT2D eigenvalue weighted by molar-refractivity contribution is 5.87. The smallest absolute Gasteiger partial charge is 0.408 e. The minimum absolute atomic E-state index is 0.0230. The summed E-state index contributed by atoms with van der Waals surface area (Å²) in [6, 6.07) is 12.7. The number of hydrogen-bond acceptors (Lipinski definition) is 9. The molecule has 0 heterocycles. The summed E-state index contributed by atoms with van der Waals surface area (Å²) >= 11 is 0. The van der Waals surface area contributed by atoms with Crippen LogP contribution in [0.2, 0.25) is 0 Å². The number of carbonyl (C=O) groups is 4. The number of carbonyl (C=O) groups excluding carboxylic acids is 4. The van der Waals surface area contributed by atoms with E-state index in [1.165, 1.54) is 0 Å². The van der Waals surface area contributed by atoms with Gasteiger partial charge in [-0.2, -0.15) is 0 Å². The normalized spacial score (nSPS) is 15.0. The first-order valence-electron chi connectivity index (χ1n) is 14.6. The SMILES string of the molecule is CC(C)(C)OC(=O)N[C@H](C(=O)NCCC(CO)NC(=O)[C@@H](NC(=O)OC(C)(C)C)C(O)c1ccccc1)C(O)c1ccccc1. The number of nitrogens with one attached hydrogen (secondary N) is 4. The molecule has 0 saturated heterocycles. The Bertz CT molecular complexity index is 1250. The summed E-state index contributed by atoms with van der Waals surface area (Å²) in [6.45, 7) is 9.31. The minimum atomic E-state index is -1.48. The molecule has 0 radical (unpaired) electrons. The molecule has 45 heavy (non-hydrogen) atoms.